The molecule has 2 aromatic carbocycles. The van der Waals surface area contributed by atoms with Gasteiger partial charge in [0.15, 0.2) is 11.5 Å². The Bertz CT molecular complexity index is 1350. The topological polar surface area (TPSA) is 129 Å². The lowest BCUT2D eigenvalue weighted by Gasteiger charge is -2.28. The highest BCUT2D eigenvalue weighted by molar-refractivity contribution is 5.98. The average molecular weight is 447 g/mol. The zero-order chi connectivity index (χ0) is 22.9. The van der Waals surface area contributed by atoms with Crippen LogP contribution in [0.4, 0.5) is 16.2 Å². The van der Waals surface area contributed by atoms with Crippen LogP contribution >= 0.6 is 0 Å². The van der Waals surface area contributed by atoms with Crippen molar-refractivity contribution in [1.29, 1.82) is 5.26 Å². The van der Waals surface area contributed by atoms with Crippen molar-refractivity contribution in [3.8, 4) is 17.6 Å². The molecule has 3 heterocycles. The summed E-state index contributed by atoms with van der Waals surface area (Å²) in [6.07, 6.45) is 0. The molecule has 10 heteroatoms. The number of benzene rings is 2. The van der Waals surface area contributed by atoms with Gasteiger partial charge in [0.2, 0.25) is 11.9 Å². The van der Waals surface area contributed by atoms with E-state index in [0.717, 1.165) is 5.56 Å². The first-order chi connectivity index (χ1) is 16.0. The van der Waals surface area contributed by atoms with E-state index in [4.69, 9.17) is 9.47 Å². The van der Waals surface area contributed by atoms with Gasteiger partial charge in [-0.25, -0.2) is 4.39 Å². The van der Waals surface area contributed by atoms with Crippen LogP contribution in [0.1, 0.15) is 22.6 Å². The van der Waals surface area contributed by atoms with Gasteiger partial charge in [-0.05, 0) is 29.3 Å². The lowest BCUT2D eigenvalue weighted by atomic mass is 9.79. The lowest BCUT2D eigenvalue weighted by Crippen LogP contribution is -2.38. The van der Waals surface area contributed by atoms with Gasteiger partial charge in [0.25, 0.3) is 5.56 Å². The first-order valence-electron chi connectivity index (χ1n) is 10.3. The molecule has 3 aromatic rings. The number of carbonyl (C=O) groups excluding carboxylic acids is 1. The number of amides is 1. The number of rotatable bonds is 4. The Balaban J connectivity index is 1.47. The number of nitriles is 1. The molecular formula is C23H18FN5O4. The van der Waals surface area contributed by atoms with Crippen molar-refractivity contribution >= 4 is 17.7 Å². The van der Waals surface area contributed by atoms with Crippen molar-refractivity contribution < 1.29 is 18.7 Å². The van der Waals surface area contributed by atoms with Crippen molar-refractivity contribution in [2.24, 2.45) is 5.92 Å². The van der Waals surface area contributed by atoms with E-state index in [0.29, 0.717) is 31.3 Å². The minimum absolute atomic E-state index is 0.00632. The summed E-state index contributed by atoms with van der Waals surface area (Å²) in [7, 11) is 0. The quantitative estimate of drug-likeness (QED) is 0.560. The molecule has 33 heavy (non-hydrogen) atoms. The second kappa shape index (κ2) is 8.27. The molecule has 2 aliphatic rings. The number of hydrogen-bond acceptors (Lipinski definition) is 7. The van der Waals surface area contributed by atoms with E-state index in [1.54, 1.807) is 12.1 Å². The zero-order valence-corrected chi connectivity index (χ0v) is 17.2. The monoisotopic (exact) mass is 447 g/mol. The number of fused-ring (bicyclic) bond motifs is 2. The Morgan fingerprint density at radius 3 is 2.73 bits per heavy atom. The van der Waals surface area contributed by atoms with Gasteiger partial charge in [-0.3, -0.25) is 14.6 Å². The van der Waals surface area contributed by atoms with Crippen molar-refractivity contribution in [2.45, 2.75) is 12.5 Å². The fraction of sp³-hybridized carbons (Fsp3) is 0.217. The first kappa shape index (κ1) is 20.5. The first-order valence-corrected chi connectivity index (χ1v) is 10.3. The van der Waals surface area contributed by atoms with Crippen LogP contribution in [0.5, 0.6) is 11.5 Å². The van der Waals surface area contributed by atoms with Gasteiger partial charge in [-0.15, -0.1) is 0 Å². The molecule has 2 unspecified atom stereocenters. The number of hydrogen-bond donors (Lipinski definition) is 3. The standard InChI is InChI=1S/C23H18FN5O4/c24-15-4-2-1-3-13(15)18-14(10-25)21(30)27-20-19(18)22(31)29-23(28-20)26-11-12-5-6-16-17(9-12)33-8-7-32-16/h1-6,9,14,18H,7-8,11H2,(H3,26,27,28,29,30,31). The smallest absolute Gasteiger partial charge is 0.258 e. The zero-order valence-electron chi connectivity index (χ0n) is 17.2. The maximum Gasteiger partial charge on any atom is 0.258 e. The van der Waals surface area contributed by atoms with Gasteiger partial charge >= 0.3 is 0 Å². The van der Waals surface area contributed by atoms with Gasteiger partial charge in [-0.1, -0.05) is 24.3 Å². The predicted molar refractivity (Wildman–Crippen MR) is 116 cm³/mol. The highest BCUT2D eigenvalue weighted by atomic mass is 19.1. The van der Waals surface area contributed by atoms with E-state index in [9.17, 15) is 19.2 Å². The molecule has 166 valence electrons. The lowest BCUT2D eigenvalue weighted by molar-refractivity contribution is -0.119. The summed E-state index contributed by atoms with van der Waals surface area (Å²) in [6, 6.07) is 13.1. The van der Waals surface area contributed by atoms with E-state index in [-0.39, 0.29) is 22.9 Å². The number of carbonyl (C=O) groups is 1. The number of nitrogens with one attached hydrogen (secondary N) is 3. The molecule has 0 fully saturated rings. The SMILES string of the molecule is N#CC1C(=O)Nc2nc(NCc3ccc4c(c3)OCCO4)[nH]c(=O)c2C1c1ccccc1F. The molecule has 0 bridgehead atoms. The van der Waals surface area contributed by atoms with Crippen LogP contribution in [0.25, 0.3) is 0 Å². The van der Waals surface area contributed by atoms with E-state index in [1.807, 2.05) is 18.2 Å². The highest BCUT2D eigenvalue weighted by Gasteiger charge is 2.41. The van der Waals surface area contributed by atoms with Crippen LogP contribution in [0.3, 0.4) is 0 Å². The van der Waals surface area contributed by atoms with Crippen molar-refractivity contribution in [3.05, 3.63) is 75.3 Å². The van der Waals surface area contributed by atoms with Crippen LogP contribution in [0.2, 0.25) is 0 Å². The van der Waals surface area contributed by atoms with E-state index in [2.05, 4.69) is 20.6 Å². The van der Waals surface area contributed by atoms with Crippen LogP contribution in [0, 0.1) is 23.1 Å². The van der Waals surface area contributed by atoms with Gasteiger partial charge in [0, 0.05) is 12.5 Å². The molecule has 0 radical (unpaired) electrons. The third-order valence-corrected chi connectivity index (χ3v) is 5.57. The molecular weight excluding hydrogens is 429 g/mol. The maximum absolute atomic E-state index is 14.5. The molecule has 0 saturated heterocycles. The van der Waals surface area contributed by atoms with Gasteiger partial charge < -0.3 is 20.1 Å². The third kappa shape index (κ3) is 3.74. The molecule has 0 spiro atoms. The Morgan fingerprint density at radius 2 is 1.94 bits per heavy atom. The summed E-state index contributed by atoms with van der Waals surface area (Å²) in [5, 5.41) is 15.1. The molecule has 9 nitrogen and oxygen atoms in total. The largest absolute Gasteiger partial charge is 0.486 e. The van der Waals surface area contributed by atoms with Gasteiger partial charge in [0.05, 0.1) is 11.6 Å². The highest BCUT2D eigenvalue weighted by Crippen LogP contribution is 2.39. The molecule has 0 saturated carbocycles. The minimum Gasteiger partial charge on any atom is -0.486 e. The number of ether oxygens (including phenoxy) is 2. The Hall–Kier alpha value is -4.39. The molecule has 0 aliphatic carbocycles. The number of H-pyrrole nitrogens is 1. The second-order valence-corrected chi connectivity index (χ2v) is 7.60. The van der Waals surface area contributed by atoms with Crippen molar-refractivity contribution in [1.82, 2.24) is 9.97 Å². The van der Waals surface area contributed by atoms with Crippen molar-refractivity contribution in [3.63, 3.8) is 0 Å². The average Bonchev–Trinajstić information content (AvgIpc) is 2.82. The summed E-state index contributed by atoms with van der Waals surface area (Å²) in [4.78, 5) is 32.5. The van der Waals surface area contributed by atoms with Crippen LogP contribution < -0.4 is 25.7 Å². The summed E-state index contributed by atoms with van der Waals surface area (Å²) in [5.74, 6) is -2.19. The summed E-state index contributed by atoms with van der Waals surface area (Å²) >= 11 is 0. The number of nitrogens with zero attached hydrogens (tertiary/aromatic N) is 2. The molecule has 1 aromatic heterocycles. The molecule has 1 amide bonds. The Morgan fingerprint density at radius 1 is 1.15 bits per heavy atom. The van der Waals surface area contributed by atoms with Crippen LogP contribution in [-0.2, 0) is 11.3 Å². The third-order valence-electron chi connectivity index (χ3n) is 5.57. The maximum atomic E-state index is 14.5. The predicted octanol–water partition coefficient (Wildman–Crippen LogP) is 2.52. The van der Waals surface area contributed by atoms with Crippen molar-refractivity contribution in [2.75, 3.05) is 23.8 Å². The summed E-state index contributed by atoms with van der Waals surface area (Å²) < 4.78 is 25.6. The molecule has 2 aliphatic heterocycles. The molecule has 3 N–H and O–H groups in total. The van der Waals surface area contributed by atoms with Crippen LogP contribution in [0.15, 0.2) is 47.3 Å². The normalized spacial score (nSPS) is 18.6. The van der Waals surface area contributed by atoms with Gasteiger partial charge in [-0.2, -0.15) is 10.2 Å². The fourth-order valence-corrected chi connectivity index (χ4v) is 4.04. The van der Waals surface area contributed by atoms with E-state index >= 15 is 0 Å². The molecule has 2 atom stereocenters. The van der Waals surface area contributed by atoms with E-state index in [1.165, 1.54) is 18.2 Å². The molecule has 5 rings (SSSR count). The number of aromatic amines is 1. The minimum atomic E-state index is -1.27. The van der Waals surface area contributed by atoms with Crippen LogP contribution in [-0.4, -0.2) is 29.1 Å². The summed E-state index contributed by atoms with van der Waals surface area (Å²) in [5.41, 5.74) is 0.413. The fourth-order valence-electron chi connectivity index (χ4n) is 4.04. The van der Waals surface area contributed by atoms with E-state index < -0.39 is 29.1 Å². The Labute approximate surface area is 187 Å². The number of anilines is 2. The summed E-state index contributed by atoms with van der Waals surface area (Å²) in [6.45, 7) is 1.27. The number of aromatic nitrogens is 2. The Kier molecular flexibility index (Phi) is 5.14. The van der Waals surface area contributed by atoms with Gasteiger partial charge in [0.1, 0.15) is 30.8 Å². The second-order valence-electron chi connectivity index (χ2n) is 7.60. The number of halogens is 1.